The Bertz CT molecular complexity index is 679. The standard InChI is InChI=1S/C16H25N3O3S.ClH/c1-12(2)18(3)23(21,22)15-8-4-6-13(10-15)16(20)19-9-5-7-14(19)11-17;/h4,6,8,10,12,14H,5,7,9,11,17H2,1-3H3;1H. The first-order chi connectivity index (χ1) is 10.8. The highest BCUT2D eigenvalue weighted by atomic mass is 35.5. The van der Waals surface area contributed by atoms with Crippen molar-refractivity contribution < 1.29 is 13.2 Å². The van der Waals surface area contributed by atoms with E-state index in [0.29, 0.717) is 18.7 Å². The molecule has 1 amide bonds. The third-order valence-corrected chi connectivity index (χ3v) is 6.42. The summed E-state index contributed by atoms with van der Waals surface area (Å²) in [6.45, 7) is 4.72. The number of nitrogens with zero attached hydrogens (tertiary/aromatic N) is 2. The van der Waals surface area contributed by atoms with E-state index in [0.717, 1.165) is 12.8 Å². The van der Waals surface area contributed by atoms with Crippen LogP contribution >= 0.6 is 12.4 Å². The van der Waals surface area contributed by atoms with Gasteiger partial charge in [0.15, 0.2) is 0 Å². The largest absolute Gasteiger partial charge is 0.334 e. The minimum atomic E-state index is -3.60. The SMILES string of the molecule is CC(C)N(C)S(=O)(=O)c1cccc(C(=O)N2CCCC2CN)c1.Cl. The lowest BCUT2D eigenvalue weighted by molar-refractivity contribution is 0.0741. The second kappa shape index (κ2) is 8.29. The Kier molecular flexibility index (Phi) is 7.22. The number of halogens is 1. The van der Waals surface area contributed by atoms with Gasteiger partial charge in [0, 0.05) is 37.8 Å². The molecule has 1 heterocycles. The van der Waals surface area contributed by atoms with Crippen molar-refractivity contribution in [3.8, 4) is 0 Å². The predicted octanol–water partition coefficient (Wildman–Crippen LogP) is 1.70. The Balaban J connectivity index is 0.00000288. The summed E-state index contributed by atoms with van der Waals surface area (Å²) in [7, 11) is -2.06. The van der Waals surface area contributed by atoms with Gasteiger partial charge in [-0.2, -0.15) is 4.31 Å². The fraction of sp³-hybridized carbons (Fsp3) is 0.562. The maximum Gasteiger partial charge on any atom is 0.254 e. The summed E-state index contributed by atoms with van der Waals surface area (Å²) in [5.41, 5.74) is 6.11. The van der Waals surface area contributed by atoms with Crippen molar-refractivity contribution in [2.24, 2.45) is 5.73 Å². The number of benzene rings is 1. The molecule has 24 heavy (non-hydrogen) atoms. The van der Waals surface area contributed by atoms with Crippen LogP contribution in [0.4, 0.5) is 0 Å². The van der Waals surface area contributed by atoms with E-state index in [4.69, 9.17) is 5.73 Å². The van der Waals surface area contributed by atoms with Gasteiger partial charge in [-0.15, -0.1) is 12.4 Å². The van der Waals surface area contributed by atoms with E-state index in [1.807, 2.05) is 13.8 Å². The Hall–Kier alpha value is -1.15. The second-order valence-electron chi connectivity index (χ2n) is 6.17. The van der Waals surface area contributed by atoms with Gasteiger partial charge >= 0.3 is 0 Å². The summed E-state index contributed by atoms with van der Waals surface area (Å²) in [5.74, 6) is -0.151. The molecule has 1 saturated heterocycles. The van der Waals surface area contributed by atoms with Crippen LogP contribution in [0, 0.1) is 0 Å². The molecule has 0 aromatic heterocycles. The molecule has 0 radical (unpaired) electrons. The molecular weight excluding hydrogens is 350 g/mol. The summed E-state index contributed by atoms with van der Waals surface area (Å²) in [6, 6.07) is 6.14. The number of carbonyl (C=O) groups is 1. The molecule has 0 aliphatic carbocycles. The molecule has 1 aliphatic rings. The average Bonchev–Trinajstić information content (AvgIpc) is 3.01. The van der Waals surface area contributed by atoms with Gasteiger partial charge in [0.1, 0.15) is 0 Å². The molecule has 2 rings (SSSR count). The number of hydrogen-bond donors (Lipinski definition) is 1. The third-order valence-electron chi connectivity index (χ3n) is 4.40. The molecule has 1 atom stereocenters. The minimum Gasteiger partial charge on any atom is -0.334 e. The van der Waals surface area contributed by atoms with Gasteiger partial charge in [0.05, 0.1) is 4.90 Å². The van der Waals surface area contributed by atoms with E-state index in [-0.39, 0.29) is 35.3 Å². The van der Waals surface area contributed by atoms with Crippen molar-refractivity contribution in [1.82, 2.24) is 9.21 Å². The first-order valence-corrected chi connectivity index (χ1v) is 9.32. The second-order valence-corrected chi connectivity index (χ2v) is 8.17. The lowest BCUT2D eigenvalue weighted by atomic mass is 10.1. The molecule has 136 valence electrons. The highest BCUT2D eigenvalue weighted by Crippen LogP contribution is 2.22. The molecule has 2 N–H and O–H groups in total. The van der Waals surface area contributed by atoms with Crippen LogP contribution in [0.1, 0.15) is 37.0 Å². The fourth-order valence-electron chi connectivity index (χ4n) is 2.75. The Morgan fingerprint density at radius 2 is 2.08 bits per heavy atom. The van der Waals surface area contributed by atoms with Crippen LogP contribution in [0.5, 0.6) is 0 Å². The van der Waals surface area contributed by atoms with Crippen molar-refractivity contribution in [2.45, 2.75) is 43.7 Å². The monoisotopic (exact) mass is 375 g/mol. The number of rotatable bonds is 5. The van der Waals surface area contributed by atoms with Gasteiger partial charge in [-0.05, 0) is 44.9 Å². The van der Waals surface area contributed by atoms with E-state index in [2.05, 4.69) is 0 Å². The zero-order chi connectivity index (χ0) is 17.2. The highest BCUT2D eigenvalue weighted by molar-refractivity contribution is 7.89. The maximum atomic E-state index is 12.7. The Morgan fingerprint density at radius 3 is 2.67 bits per heavy atom. The number of carbonyl (C=O) groups excluding carboxylic acids is 1. The fourth-order valence-corrected chi connectivity index (χ4v) is 4.16. The number of sulfonamides is 1. The molecule has 0 spiro atoms. The third kappa shape index (κ3) is 4.08. The van der Waals surface area contributed by atoms with E-state index in [9.17, 15) is 13.2 Å². The molecule has 1 unspecified atom stereocenters. The van der Waals surface area contributed by atoms with E-state index >= 15 is 0 Å². The van der Waals surface area contributed by atoms with Gasteiger partial charge in [0.25, 0.3) is 5.91 Å². The number of amides is 1. The van der Waals surface area contributed by atoms with Crippen LogP contribution < -0.4 is 5.73 Å². The number of likely N-dealkylation sites (tertiary alicyclic amines) is 1. The van der Waals surface area contributed by atoms with E-state index < -0.39 is 10.0 Å². The van der Waals surface area contributed by atoms with Crippen molar-refractivity contribution in [2.75, 3.05) is 20.1 Å². The summed E-state index contributed by atoms with van der Waals surface area (Å²) < 4.78 is 26.4. The van der Waals surface area contributed by atoms with Gasteiger partial charge in [-0.25, -0.2) is 8.42 Å². The van der Waals surface area contributed by atoms with E-state index in [1.165, 1.54) is 16.4 Å². The number of hydrogen-bond acceptors (Lipinski definition) is 4. The molecule has 0 saturated carbocycles. The van der Waals surface area contributed by atoms with Crippen LogP contribution in [0.15, 0.2) is 29.2 Å². The van der Waals surface area contributed by atoms with Crippen LogP contribution in [0.25, 0.3) is 0 Å². The Labute approximate surface area is 150 Å². The van der Waals surface area contributed by atoms with Crippen LogP contribution in [-0.2, 0) is 10.0 Å². The van der Waals surface area contributed by atoms with Crippen molar-refractivity contribution in [3.05, 3.63) is 29.8 Å². The van der Waals surface area contributed by atoms with Gasteiger partial charge in [-0.1, -0.05) is 6.07 Å². The molecule has 8 heteroatoms. The van der Waals surface area contributed by atoms with Crippen molar-refractivity contribution in [1.29, 1.82) is 0 Å². The zero-order valence-corrected chi connectivity index (χ0v) is 15.9. The zero-order valence-electron chi connectivity index (χ0n) is 14.3. The van der Waals surface area contributed by atoms with Gasteiger partial charge in [-0.3, -0.25) is 4.79 Å². The summed E-state index contributed by atoms with van der Waals surface area (Å²) >= 11 is 0. The lowest BCUT2D eigenvalue weighted by Crippen LogP contribution is -2.40. The minimum absolute atomic E-state index is 0. The normalized spacial score (nSPS) is 18.1. The highest BCUT2D eigenvalue weighted by Gasteiger charge is 2.29. The smallest absolute Gasteiger partial charge is 0.254 e. The molecule has 6 nitrogen and oxygen atoms in total. The maximum absolute atomic E-state index is 12.7. The van der Waals surface area contributed by atoms with Gasteiger partial charge < -0.3 is 10.6 Å². The van der Waals surface area contributed by atoms with Crippen LogP contribution in [0.3, 0.4) is 0 Å². The van der Waals surface area contributed by atoms with Crippen molar-refractivity contribution in [3.63, 3.8) is 0 Å². The average molecular weight is 376 g/mol. The van der Waals surface area contributed by atoms with Crippen molar-refractivity contribution >= 4 is 28.3 Å². The molecular formula is C16H26ClN3O3S. The first kappa shape index (κ1) is 20.9. The molecule has 1 aromatic carbocycles. The van der Waals surface area contributed by atoms with E-state index in [1.54, 1.807) is 24.1 Å². The predicted molar refractivity (Wildman–Crippen MR) is 96.9 cm³/mol. The number of nitrogens with two attached hydrogens (primary N) is 1. The van der Waals surface area contributed by atoms with Crippen LogP contribution in [0.2, 0.25) is 0 Å². The summed E-state index contributed by atoms with van der Waals surface area (Å²) in [4.78, 5) is 14.6. The summed E-state index contributed by atoms with van der Waals surface area (Å²) in [5, 5.41) is 0. The topological polar surface area (TPSA) is 83.7 Å². The molecule has 1 fully saturated rings. The molecule has 1 aromatic rings. The van der Waals surface area contributed by atoms with Crippen LogP contribution in [-0.4, -0.2) is 55.8 Å². The first-order valence-electron chi connectivity index (χ1n) is 7.88. The summed E-state index contributed by atoms with van der Waals surface area (Å²) in [6.07, 6.45) is 1.83. The van der Waals surface area contributed by atoms with Gasteiger partial charge in [0.2, 0.25) is 10.0 Å². The molecule has 0 bridgehead atoms. The quantitative estimate of drug-likeness (QED) is 0.848. The Morgan fingerprint density at radius 1 is 1.42 bits per heavy atom. The lowest BCUT2D eigenvalue weighted by Gasteiger charge is -2.24. The molecule has 1 aliphatic heterocycles.